The average molecular weight is 465 g/mol. The van der Waals surface area contributed by atoms with Gasteiger partial charge in [0.15, 0.2) is 17.0 Å². The molecule has 0 spiro atoms. The fourth-order valence-corrected chi connectivity index (χ4v) is 4.84. The van der Waals surface area contributed by atoms with E-state index in [4.69, 9.17) is 14.2 Å². The molecule has 0 bridgehead atoms. The highest BCUT2D eigenvalue weighted by atomic mass is 16.5. The Labute approximate surface area is 200 Å². The highest BCUT2D eigenvalue weighted by Gasteiger charge is 2.56. The van der Waals surface area contributed by atoms with Gasteiger partial charge in [-0.15, -0.1) is 0 Å². The lowest BCUT2D eigenvalue weighted by molar-refractivity contribution is -0.137. The van der Waals surface area contributed by atoms with E-state index in [1.165, 1.54) is 6.42 Å². The van der Waals surface area contributed by atoms with Crippen LogP contribution in [0, 0.1) is 0 Å². The molecule has 1 aliphatic heterocycles. The van der Waals surface area contributed by atoms with E-state index in [2.05, 4.69) is 5.32 Å². The van der Waals surface area contributed by atoms with Crippen molar-refractivity contribution in [2.24, 2.45) is 0 Å². The lowest BCUT2D eigenvalue weighted by atomic mass is 9.80. The molecule has 2 aliphatic rings. The third kappa shape index (κ3) is 4.47. The third-order valence-corrected chi connectivity index (χ3v) is 6.71. The van der Waals surface area contributed by atoms with Gasteiger partial charge in [0.1, 0.15) is 5.75 Å². The molecule has 34 heavy (non-hydrogen) atoms. The van der Waals surface area contributed by atoms with Crippen LogP contribution in [0.15, 0.2) is 48.5 Å². The van der Waals surface area contributed by atoms with Crippen molar-refractivity contribution in [3.8, 4) is 17.2 Å². The van der Waals surface area contributed by atoms with Gasteiger partial charge in [-0.2, -0.15) is 0 Å². The molecule has 1 N–H and O–H groups in total. The van der Waals surface area contributed by atoms with E-state index in [0.29, 0.717) is 22.9 Å². The molecule has 1 aliphatic carbocycles. The predicted octanol–water partition coefficient (Wildman–Crippen LogP) is 4.35. The Morgan fingerprint density at radius 1 is 0.971 bits per heavy atom. The van der Waals surface area contributed by atoms with E-state index >= 15 is 0 Å². The summed E-state index contributed by atoms with van der Waals surface area (Å²) in [5.74, 6) is 1.46. The predicted molar refractivity (Wildman–Crippen MR) is 131 cm³/mol. The second-order valence-corrected chi connectivity index (χ2v) is 8.75. The monoisotopic (exact) mass is 464 g/mol. The standard InChI is InChI=1S/C27H32N2O5/c1-32-22-12-8-7-9-19(22)15-16-27(26(31)28-20-10-5-4-6-11-20)18-25(30)29(27)21-13-14-23(33-2)24(17-21)34-3/h7-9,12-17,20H,4-6,10-11,18H2,1-3H3,(H,28,31). The normalized spacial score (nSPS) is 20.7. The summed E-state index contributed by atoms with van der Waals surface area (Å²) in [6.45, 7) is 0. The molecule has 1 atom stereocenters. The molecule has 0 aromatic heterocycles. The molecule has 0 radical (unpaired) electrons. The summed E-state index contributed by atoms with van der Waals surface area (Å²) in [6, 6.07) is 13.0. The molecule has 1 heterocycles. The molecule has 1 saturated heterocycles. The number of benzene rings is 2. The molecular formula is C27H32N2O5. The summed E-state index contributed by atoms with van der Waals surface area (Å²) < 4.78 is 16.3. The van der Waals surface area contributed by atoms with Crippen molar-refractivity contribution in [3.63, 3.8) is 0 Å². The van der Waals surface area contributed by atoms with Crippen LogP contribution in [0.4, 0.5) is 5.69 Å². The van der Waals surface area contributed by atoms with E-state index in [0.717, 1.165) is 31.2 Å². The van der Waals surface area contributed by atoms with Crippen LogP contribution in [0.2, 0.25) is 0 Å². The van der Waals surface area contributed by atoms with Gasteiger partial charge in [-0.3, -0.25) is 14.5 Å². The Hall–Kier alpha value is -3.48. The Bertz CT molecular complexity index is 1080. The number of carbonyl (C=O) groups excluding carboxylic acids is 2. The number of nitrogens with one attached hydrogen (secondary N) is 1. The van der Waals surface area contributed by atoms with Gasteiger partial charge in [-0.1, -0.05) is 43.5 Å². The number of methoxy groups -OCH3 is 3. The van der Waals surface area contributed by atoms with Crippen LogP contribution in [0.1, 0.15) is 44.1 Å². The minimum Gasteiger partial charge on any atom is -0.496 e. The third-order valence-electron chi connectivity index (χ3n) is 6.71. The van der Waals surface area contributed by atoms with Crippen molar-refractivity contribution in [2.75, 3.05) is 26.2 Å². The number of nitrogens with zero attached hydrogens (tertiary/aromatic N) is 1. The maximum absolute atomic E-state index is 13.8. The summed E-state index contributed by atoms with van der Waals surface area (Å²) in [5.41, 5.74) is 0.272. The number of amides is 2. The van der Waals surface area contributed by atoms with Crippen LogP contribution in [0.3, 0.4) is 0 Å². The first-order valence-corrected chi connectivity index (χ1v) is 11.7. The van der Waals surface area contributed by atoms with Gasteiger partial charge < -0.3 is 19.5 Å². The van der Waals surface area contributed by atoms with E-state index in [-0.39, 0.29) is 24.3 Å². The zero-order chi connectivity index (χ0) is 24.1. The molecule has 7 nitrogen and oxygen atoms in total. The Morgan fingerprint density at radius 2 is 1.68 bits per heavy atom. The zero-order valence-electron chi connectivity index (χ0n) is 20.0. The van der Waals surface area contributed by atoms with Gasteiger partial charge in [0, 0.05) is 23.4 Å². The van der Waals surface area contributed by atoms with Crippen LogP contribution in [-0.2, 0) is 9.59 Å². The number of carbonyl (C=O) groups is 2. The summed E-state index contributed by atoms with van der Waals surface area (Å²) >= 11 is 0. The smallest absolute Gasteiger partial charge is 0.251 e. The number of ether oxygens (including phenoxy) is 3. The maximum atomic E-state index is 13.8. The largest absolute Gasteiger partial charge is 0.496 e. The number of anilines is 1. The number of hydrogen-bond donors (Lipinski definition) is 1. The van der Waals surface area contributed by atoms with Crippen molar-refractivity contribution in [1.29, 1.82) is 0 Å². The lowest BCUT2D eigenvalue weighted by Gasteiger charge is -2.49. The quantitative estimate of drug-likeness (QED) is 0.588. The first-order chi connectivity index (χ1) is 16.5. The summed E-state index contributed by atoms with van der Waals surface area (Å²) in [5, 5.41) is 3.23. The fraction of sp³-hybridized carbons (Fsp3) is 0.407. The Balaban J connectivity index is 1.73. The van der Waals surface area contributed by atoms with Crippen molar-refractivity contribution in [2.45, 2.75) is 50.1 Å². The second kappa shape index (κ2) is 10.2. The minimum atomic E-state index is -1.14. The van der Waals surface area contributed by atoms with Crippen molar-refractivity contribution in [3.05, 3.63) is 54.1 Å². The Kier molecular flexibility index (Phi) is 7.10. The summed E-state index contributed by atoms with van der Waals surface area (Å²) in [7, 11) is 4.72. The van der Waals surface area contributed by atoms with Crippen molar-refractivity contribution < 1.29 is 23.8 Å². The molecule has 2 fully saturated rings. The Morgan fingerprint density at radius 3 is 2.35 bits per heavy atom. The molecule has 7 heteroatoms. The van der Waals surface area contributed by atoms with Crippen molar-refractivity contribution in [1.82, 2.24) is 5.32 Å². The average Bonchev–Trinajstić information content (AvgIpc) is 2.86. The lowest BCUT2D eigenvalue weighted by Crippen LogP contribution is -2.70. The first kappa shape index (κ1) is 23.7. The molecule has 1 saturated carbocycles. The van der Waals surface area contributed by atoms with E-state index in [1.807, 2.05) is 36.4 Å². The minimum absolute atomic E-state index is 0.0888. The van der Waals surface area contributed by atoms with E-state index < -0.39 is 5.54 Å². The van der Waals surface area contributed by atoms with Gasteiger partial charge in [-0.05, 0) is 37.1 Å². The molecule has 1 unspecified atom stereocenters. The number of para-hydroxylation sites is 1. The van der Waals surface area contributed by atoms with Crippen LogP contribution in [-0.4, -0.2) is 44.7 Å². The zero-order valence-corrected chi connectivity index (χ0v) is 20.0. The van der Waals surface area contributed by atoms with E-state index in [9.17, 15) is 9.59 Å². The van der Waals surface area contributed by atoms with Crippen LogP contribution < -0.4 is 24.4 Å². The van der Waals surface area contributed by atoms with E-state index in [1.54, 1.807) is 44.4 Å². The number of rotatable bonds is 8. The highest BCUT2D eigenvalue weighted by Crippen LogP contribution is 2.42. The topological polar surface area (TPSA) is 77.1 Å². The van der Waals surface area contributed by atoms with Crippen LogP contribution in [0.5, 0.6) is 17.2 Å². The molecule has 4 rings (SSSR count). The van der Waals surface area contributed by atoms with Crippen LogP contribution >= 0.6 is 0 Å². The van der Waals surface area contributed by atoms with Gasteiger partial charge in [0.05, 0.1) is 27.8 Å². The molecule has 180 valence electrons. The number of β-lactam (4-membered cyclic amide) rings is 1. The molecule has 2 aromatic carbocycles. The van der Waals surface area contributed by atoms with Gasteiger partial charge in [-0.25, -0.2) is 0 Å². The van der Waals surface area contributed by atoms with Crippen LogP contribution in [0.25, 0.3) is 6.08 Å². The van der Waals surface area contributed by atoms with Crippen molar-refractivity contribution >= 4 is 23.6 Å². The molecular weight excluding hydrogens is 432 g/mol. The highest BCUT2D eigenvalue weighted by molar-refractivity contribution is 6.15. The number of hydrogen-bond acceptors (Lipinski definition) is 5. The maximum Gasteiger partial charge on any atom is 0.251 e. The molecule has 2 aromatic rings. The summed E-state index contributed by atoms with van der Waals surface area (Å²) in [4.78, 5) is 28.3. The fourth-order valence-electron chi connectivity index (χ4n) is 4.84. The van der Waals surface area contributed by atoms with Gasteiger partial charge >= 0.3 is 0 Å². The van der Waals surface area contributed by atoms with Gasteiger partial charge in [0.2, 0.25) is 5.91 Å². The summed E-state index contributed by atoms with van der Waals surface area (Å²) in [6.07, 6.45) is 9.10. The van der Waals surface area contributed by atoms with Gasteiger partial charge in [0.25, 0.3) is 5.91 Å². The first-order valence-electron chi connectivity index (χ1n) is 11.7. The second-order valence-electron chi connectivity index (χ2n) is 8.75. The molecule has 2 amide bonds. The SMILES string of the molecule is COc1ccccc1C=CC1(C(=O)NC2CCCCC2)CC(=O)N1c1ccc(OC)c(OC)c1.